The number of nitrogens with zero attached hydrogens (tertiary/aromatic N) is 1. The first kappa shape index (κ1) is 18.1. The SMILES string of the molecule is CC(C)C(=O)Oc1ccc(/C=C2\N=C(c3ccccc3Br)OC2=O)cc1. The molecule has 0 aromatic heterocycles. The van der Waals surface area contributed by atoms with Gasteiger partial charge in [0, 0.05) is 4.47 Å². The molecule has 2 aromatic rings. The van der Waals surface area contributed by atoms with E-state index in [9.17, 15) is 9.59 Å². The van der Waals surface area contributed by atoms with E-state index in [0.717, 1.165) is 10.0 Å². The number of aliphatic imine (C=N–C) groups is 1. The van der Waals surface area contributed by atoms with Crippen molar-refractivity contribution in [2.75, 3.05) is 0 Å². The van der Waals surface area contributed by atoms with Crippen molar-refractivity contribution in [1.29, 1.82) is 0 Å². The molecule has 132 valence electrons. The molecule has 5 nitrogen and oxygen atoms in total. The highest BCUT2D eigenvalue weighted by molar-refractivity contribution is 9.10. The Labute approximate surface area is 159 Å². The van der Waals surface area contributed by atoms with Gasteiger partial charge in [-0.05, 0) is 51.8 Å². The number of carbonyl (C=O) groups excluding carboxylic acids is 2. The van der Waals surface area contributed by atoms with E-state index < -0.39 is 5.97 Å². The third-order valence-corrected chi connectivity index (χ3v) is 4.29. The highest BCUT2D eigenvalue weighted by Gasteiger charge is 2.25. The largest absolute Gasteiger partial charge is 0.426 e. The Balaban J connectivity index is 1.80. The van der Waals surface area contributed by atoms with Crippen molar-refractivity contribution in [2.45, 2.75) is 13.8 Å². The summed E-state index contributed by atoms with van der Waals surface area (Å²) < 4.78 is 11.3. The molecule has 0 aliphatic carbocycles. The fourth-order valence-corrected chi connectivity index (χ4v) is 2.64. The van der Waals surface area contributed by atoms with Crippen LogP contribution in [0.2, 0.25) is 0 Å². The normalized spacial score (nSPS) is 15.2. The second kappa shape index (κ2) is 7.66. The van der Waals surface area contributed by atoms with Crippen LogP contribution in [0.15, 0.2) is 63.7 Å². The van der Waals surface area contributed by atoms with Gasteiger partial charge in [0.25, 0.3) is 0 Å². The van der Waals surface area contributed by atoms with Gasteiger partial charge in [0.15, 0.2) is 5.70 Å². The van der Waals surface area contributed by atoms with Crippen molar-refractivity contribution in [1.82, 2.24) is 0 Å². The Morgan fingerprint density at radius 1 is 1.15 bits per heavy atom. The van der Waals surface area contributed by atoms with Crippen LogP contribution in [0, 0.1) is 5.92 Å². The zero-order valence-corrected chi connectivity index (χ0v) is 15.8. The summed E-state index contributed by atoms with van der Waals surface area (Å²) >= 11 is 3.42. The molecule has 0 amide bonds. The number of halogens is 1. The van der Waals surface area contributed by atoms with E-state index in [0.29, 0.717) is 11.3 Å². The molecule has 3 rings (SSSR count). The highest BCUT2D eigenvalue weighted by Crippen LogP contribution is 2.24. The van der Waals surface area contributed by atoms with Gasteiger partial charge in [0.1, 0.15) is 5.75 Å². The molecule has 0 N–H and O–H groups in total. The Hall–Kier alpha value is -2.73. The van der Waals surface area contributed by atoms with Gasteiger partial charge in [0.2, 0.25) is 5.90 Å². The van der Waals surface area contributed by atoms with E-state index in [2.05, 4.69) is 20.9 Å². The molecule has 0 unspecified atom stereocenters. The first-order chi connectivity index (χ1) is 12.4. The lowest BCUT2D eigenvalue weighted by atomic mass is 10.2. The standard InChI is InChI=1S/C20H16BrNO4/c1-12(2)19(23)25-14-9-7-13(8-10-14)11-17-20(24)26-18(22-17)15-5-3-4-6-16(15)21/h3-12H,1-2H3/b17-11-. The zero-order chi connectivity index (χ0) is 18.7. The lowest BCUT2D eigenvalue weighted by molar-refractivity contribution is -0.137. The van der Waals surface area contributed by atoms with Gasteiger partial charge < -0.3 is 9.47 Å². The minimum absolute atomic E-state index is 0.199. The molecular formula is C20H16BrNO4. The fourth-order valence-electron chi connectivity index (χ4n) is 2.18. The van der Waals surface area contributed by atoms with Gasteiger partial charge in [-0.25, -0.2) is 9.79 Å². The smallest absolute Gasteiger partial charge is 0.363 e. The van der Waals surface area contributed by atoms with Crippen molar-refractivity contribution in [3.8, 4) is 5.75 Å². The van der Waals surface area contributed by atoms with Gasteiger partial charge in [-0.2, -0.15) is 0 Å². The van der Waals surface area contributed by atoms with E-state index in [-0.39, 0.29) is 23.5 Å². The van der Waals surface area contributed by atoms with E-state index in [1.54, 1.807) is 44.2 Å². The molecule has 0 saturated carbocycles. The van der Waals surface area contributed by atoms with Gasteiger partial charge >= 0.3 is 11.9 Å². The number of rotatable bonds is 4. The van der Waals surface area contributed by atoms with E-state index in [1.165, 1.54) is 0 Å². The van der Waals surface area contributed by atoms with Gasteiger partial charge in [0.05, 0.1) is 11.5 Å². The fraction of sp³-hybridized carbons (Fsp3) is 0.150. The van der Waals surface area contributed by atoms with Crippen LogP contribution < -0.4 is 4.74 Å². The van der Waals surface area contributed by atoms with E-state index in [1.807, 2.05) is 24.3 Å². The van der Waals surface area contributed by atoms with Crippen molar-refractivity contribution in [2.24, 2.45) is 10.9 Å². The van der Waals surface area contributed by atoms with Gasteiger partial charge in [-0.1, -0.05) is 38.1 Å². The van der Waals surface area contributed by atoms with Crippen molar-refractivity contribution < 1.29 is 19.1 Å². The van der Waals surface area contributed by atoms with Crippen LogP contribution in [-0.2, 0) is 14.3 Å². The molecule has 0 radical (unpaired) electrons. The lowest BCUT2D eigenvalue weighted by Gasteiger charge is -2.06. The minimum atomic E-state index is -0.508. The Morgan fingerprint density at radius 3 is 2.50 bits per heavy atom. The predicted octanol–water partition coefficient (Wildman–Crippen LogP) is 4.36. The Kier molecular flexibility index (Phi) is 5.32. The average molecular weight is 414 g/mol. The van der Waals surface area contributed by atoms with E-state index in [4.69, 9.17) is 9.47 Å². The monoisotopic (exact) mass is 413 g/mol. The summed E-state index contributed by atoms with van der Waals surface area (Å²) in [6.07, 6.45) is 1.63. The average Bonchev–Trinajstić information content (AvgIpc) is 2.97. The van der Waals surface area contributed by atoms with Gasteiger partial charge in [-0.3, -0.25) is 4.79 Å². The van der Waals surface area contributed by atoms with Crippen LogP contribution >= 0.6 is 15.9 Å². The van der Waals surface area contributed by atoms with Crippen LogP contribution in [0.1, 0.15) is 25.0 Å². The summed E-state index contributed by atoms with van der Waals surface area (Å²) in [5.41, 5.74) is 1.67. The molecule has 0 saturated heterocycles. The number of hydrogen-bond donors (Lipinski definition) is 0. The quantitative estimate of drug-likeness (QED) is 0.424. The van der Waals surface area contributed by atoms with Crippen molar-refractivity contribution >= 4 is 39.8 Å². The maximum Gasteiger partial charge on any atom is 0.363 e. The van der Waals surface area contributed by atoms with Crippen LogP contribution in [0.4, 0.5) is 0 Å². The van der Waals surface area contributed by atoms with Crippen LogP contribution in [0.3, 0.4) is 0 Å². The van der Waals surface area contributed by atoms with Crippen molar-refractivity contribution in [3.05, 3.63) is 69.8 Å². The molecule has 0 atom stereocenters. The number of hydrogen-bond acceptors (Lipinski definition) is 5. The summed E-state index contributed by atoms with van der Waals surface area (Å²) in [6, 6.07) is 14.2. The molecule has 2 aromatic carbocycles. The molecule has 1 heterocycles. The molecule has 26 heavy (non-hydrogen) atoms. The number of benzene rings is 2. The summed E-state index contributed by atoms with van der Waals surface area (Å²) in [5, 5.41) is 0. The summed E-state index contributed by atoms with van der Waals surface area (Å²) in [5.74, 6) is -0.284. The number of esters is 2. The van der Waals surface area contributed by atoms with Crippen LogP contribution in [-0.4, -0.2) is 17.8 Å². The maximum atomic E-state index is 12.1. The summed E-state index contributed by atoms with van der Waals surface area (Å²) in [6.45, 7) is 3.54. The first-order valence-electron chi connectivity index (χ1n) is 8.03. The maximum absolute atomic E-state index is 12.1. The van der Waals surface area contributed by atoms with Gasteiger partial charge in [-0.15, -0.1) is 0 Å². The molecule has 1 aliphatic heterocycles. The molecule has 0 fully saturated rings. The Morgan fingerprint density at radius 2 is 1.85 bits per heavy atom. The number of cyclic esters (lactones) is 1. The number of ether oxygens (including phenoxy) is 2. The second-order valence-corrected chi connectivity index (χ2v) is 6.82. The second-order valence-electron chi connectivity index (χ2n) is 5.96. The minimum Gasteiger partial charge on any atom is -0.426 e. The summed E-state index contributed by atoms with van der Waals surface area (Å²) in [7, 11) is 0. The molecule has 6 heteroatoms. The van der Waals surface area contributed by atoms with E-state index >= 15 is 0 Å². The van der Waals surface area contributed by atoms with Crippen LogP contribution in [0.5, 0.6) is 5.75 Å². The summed E-state index contributed by atoms with van der Waals surface area (Å²) in [4.78, 5) is 28.0. The number of carbonyl (C=O) groups is 2. The van der Waals surface area contributed by atoms with Crippen LogP contribution in [0.25, 0.3) is 6.08 Å². The lowest BCUT2D eigenvalue weighted by Crippen LogP contribution is -2.14. The zero-order valence-electron chi connectivity index (χ0n) is 14.2. The topological polar surface area (TPSA) is 65.0 Å². The molecular weight excluding hydrogens is 398 g/mol. The molecule has 1 aliphatic rings. The predicted molar refractivity (Wildman–Crippen MR) is 102 cm³/mol. The Bertz CT molecular complexity index is 914. The van der Waals surface area contributed by atoms with Crippen molar-refractivity contribution in [3.63, 3.8) is 0 Å². The first-order valence-corrected chi connectivity index (χ1v) is 8.82. The third kappa shape index (κ3) is 4.08. The highest BCUT2D eigenvalue weighted by atomic mass is 79.9. The molecule has 0 bridgehead atoms. The molecule has 0 spiro atoms. The third-order valence-electron chi connectivity index (χ3n) is 3.60.